The van der Waals surface area contributed by atoms with Gasteiger partial charge in [-0.2, -0.15) is 5.26 Å². The molecule has 2 aromatic rings. The number of rotatable bonds is 1. The van der Waals surface area contributed by atoms with Gasteiger partial charge in [-0.05, 0) is 41.6 Å². The van der Waals surface area contributed by atoms with Gasteiger partial charge in [-0.25, -0.2) is 4.39 Å². The molecule has 3 rings (SSSR count). The Morgan fingerprint density at radius 2 is 2.28 bits per heavy atom. The number of nitrogens with zero attached hydrogens (tertiary/aromatic N) is 1. The molecule has 2 nitrogen and oxygen atoms in total. The van der Waals surface area contributed by atoms with Gasteiger partial charge in [0.15, 0.2) is 0 Å². The Kier molecular flexibility index (Phi) is 2.86. The van der Waals surface area contributed by atoms with Crippen molar-refractivity contribution in [2.75, 3.05) is 13.1 Å². The number of hydrogen-bond acceptors (Lipinski definition) is 3. The molecule has 90 valence electrons. The van der Waals surface area contributed by atoms with Crippen LogP contribution >= 0.6 is 11.3 Å². The van der Waals surface area contributed by atoms with E-state index in [1.165, 1.54) is 23.0 Å². The molecule has 1 N–H and O–H groups in total. The summed E-state index contributed by atoms with van der Waals surface area (Å²) in [5.74, 6) is -0.436. The molecule has 0 atom stereocenters. The van der Waals surface area contributed by atoms with E-state index in [0.29, 0.717) is 0 Å². The number of fused-ring (bicyclic) bond motifs is 1. The fraction of sp³-hybridized carbons (Fsp3) is 0.214. The van der Waals surface area contributed by atoms with Gasteiger partial charge in [-0.1, -0.05) is 6.08 Å². The lowest BCUT2D eigenvalue weighted by molar-refractivity contribution is 0.626. The van der Waals surface area contributed by atoms with Crippen molar-refractivity contribution in [3.05, 3.63) is 40.5 Å². The highest BCUT2D eigenvalue weighted by Gasteiger charge is 2.15. The van der Waals surface area contributed by atoms with Crippen LogP contribution in [-0.2, 0) is 0 Å². The lowest BCUT2D eigenvalue weighted by atomic mass is 10.0. The number of halogens is 1. The Morgan fingerprint density at radius 3 is 3.00 bits per heavy atom. The summed E-state index contributed by atoms with van der Waals surface area (Å²) in [7, 11) is 0. The molecule has 0 amide bonds. The second kappa shape index (κ2) is 4.52. The summed E-state index contributed by atoms with van der Waals surface area (Å²) < 4.78 is 14.3. The van der Waals surface area contributed by atoms with Crippen LogP contribution in [-0.4, -0.2) is 13.1 Å². The first-order valence-electron chi connectivity index (χ1n) is 5.81. The molecular weight excluding hydrogens is 247 g/mol. The van der Waals surface area contributed by atoms with Crippen LogP contribution in [0.4, 0.5) is 4.39 Å². The Labute approximate surface area is 108 Å². The first kappa shape index (κ1) is 11.4. The maximum Gasteiger partial charge on any atom is 0.142 e. The van der Waals surface area contributed by atoms with E-state index in [1.807, 2.05) is 11.4 Å². The normalized spacial score (nSPS) is 15.4. The third kappa shape index (κ3) is 1.72. The zero-order valence-electron chi connectivity index (χ0n) is 9.66. The van der Waals surface area contributed by atoms with E-state index in [4.69, 9.17) is 5.26 Å². The molecule has 0 fully saturated rings. The molecule has 0 radical (unpaired) electrons. The minimum atomic E-state index is -0.436. The van der Waals surface area contributed by atoms with Gasteiger partial charge in [0.1, 0.15) is 17.4 Å². The summed E-state index contributed by atoms with van der Waals surface area (Å²) in [5, 5.41) is 15.3. The summed E-state index contributed by atoms with van der Waals surface area (Å²) in [6, 6.07) is 5.11. The van der Waals surface area contributed by atoms with E-state index in [9.17, 15) is 4.39 Å². The summed E-state index contributed by atoms with van der Waals surface area (Å²) in [4.78, 5) is 0. The molecule has 0 unspecified atom stereocenters. The zero-order chi connectivity index (χ0) is 12.5. The Balaban J connectivity index is 2.22. The minimum absolute atomic E-state index is 0.160. The van der Waals surface area contributed by atoms with Crippen molar-refractivity contribution in [2.45, 2.75) is 6.42 Å². The predicted molar refractivity (Wildman–Crippen MR) is 72.0 cm³/mol. The highest BCUT2D eigenvalue weighted by atomic mass is 32.1. The van der Waals surface area contributed by atoms with Crippen LogP contribution < -0.4 is 5.32 Å². The Bertz CT molecular complexity index is 679. The molecule has 0 spiro atoms. The van der Waals surface area contributed by atoms with Gasteiger partial charge < -0.3 is 5.32 Å². The molecular formula is C14H11FN2S. The lowest BCUT2D eigenvalue weighted by Gasteiger charge is -2.13. The number of benzene rings is 1. The molecule has 0 aliphatic carbocycles. The standard InChI is InChI=1S/C14H11FN2S/c15-13-4-3-10-12(9-2-1-5-17-7-9)8-18-14(10)11(13)6-16/h2-4,8,17H,1,5,7H2. The molecule has 0 saturated carbocycles. The fourth-order valence-corrected chi connectivity index (χ4v) is 3.36. The lowest BCUT2D eigenvalue weighted by Crippen LogP contribution is -2.21. The van der Waals surface area contributed by atoms with Gasteiger partial charge in [0, 0.05) is 11.9 Å². The number of nitrogens with one attached hydrogen (secondary N) is 1. The van der Waals surface area contributed by atoms with Crippen LogP contribution in [0.5, 0.6) is 0 Å². The van der Waals surface area contributed by atoms with Crippen LogP contribution in [0, 0.1) is 17.1 Å². The number of thiophene rings is 1. The van der Waals surface area contributed by atoms with E-state index in [0.717, 1.165) is 35.2 Å². The fourth-order valence-electron chi connectivity index (χ4n) is 2.28. The molecule has 2 heterocycles. The van der Waals surface area contributed by atoms with Crippen LogP contribution in [0.1, 0.15) is 17.5 Å². The average Bonchev–Trinajstić information content (AvgIpc) is 2.83. The van der Waals surface area contributed by atoms with Gasteiger partial charge in [0.25, 0.3) is 0 Å². The second-order valence-corrected chi connectivity index (χ2v) is 5.13. The van der Waals surface area contributed by atoms with Crippen molar-refractivity contribution in [1.82, 2.24) is 5.32 Å². The Morgan fingerprint density at radius 1 is 1.39 bits per heavy atom. The molecule has 4 heteroatoms. The topological polar surface area (TPSA) is 35.8 Å². The number of hydrogen-bond donors (Lipinski definition) is 1. The molecule has 1 aliphatic heterocycles. The quantitative estimate of drug-likeness (QED) is 0.852. The first-order valence-corrected chi connectivity index (χ1v) is 6.69. The number of nitriles is 1. The van der Waals surface area contributed by atoms with Gasteiger partial charge in [-0.3, -0.25) is 0 Å². The molecule has 18 heavy (non-hydrogen) atoms. The third-order valence-corrected chi connectivity index (χ3v) is 4.19. The van der Waals surface area contributed by atoms with Crippen molar-refractivity contribution >= 4 is 27.0 Å². The third-order valence-electron chi connectivity index (χ3n) is 3.18. The largest absolute Gasteiger partial charge is 0.312 e. The molecule has 1 aromatic heterocycles. The van der Waals surface area contributed by atoms with Crippen molar-refractivity contribution in [2.24, 2.45) is 0 Å². The highest BCUT2D eigenvalue weighted by Crippen LogP contribution is 2.34. The molecule has 0 bridgehead atoms. The van der Waals surface area contributed by atoms with Crippen molar-refractivity contribution in [1.29, 1.82) is 5.26 Å². The Hall–Kier alpha value is -1.70. The predicted octanol–water partition coefficient (Wildman–Crippen LogP) is 3.29. The first-order chi connectivity index (χ1) is 8.81. The van der Waals surface area contributed by atoms with Gasteiger partial charge >= 0.3 is 0 Å². The van der Waals surface area contributed by atoms with E-state index >= 15 is 0 Å². The zero-order valence-corrected chi connectivity index (χ0v) is 10.5. The smallest absolute Gasteiger partial charge is 0.142 e. The van der Waals surface area contributed by atoms with Crippen LogP contribution in [0.15, 0.2) is 23.6 Å². The van der Waals surface area contributed by atoms with Gasteiger partial charge in [0.05, 0.1) is 4.70 Å². The van der Waals surface area contributed by atoms with E-state index in [-0.39, 0.29) is 5.56 Å². The van der Waals surface area contributed by atoms with Gasteiger partial charge in [-0.15, -0.1) is 11.3 Å². The highest BCUT2D eigenvalue weighted by molar-refractivity contribution is 7.17. The monoisotopic (exact) mass is 258 g/mol. The SMILES string of the molecule is N#Cc1c(F)ccc2c(C3=CCCNC3)csc12. The maximum absolute atomic E-state index is 13.5. The van der Waals surface area contributed by atoms with Gasteiger partial charge in [0.2, 0.25) is 0 Å². The summed E-state index contributed by atoms with van der Waals surface area (Å²) >= 11 is 1.44. The summed E-state index contributed by atoms with van der Waals surface area (Å²) in [6.07, 6.45) is 3.23. The van der Waals surface area contributed by atoms with Crippen LogP contribution in [0.3, 0.4) is 0 Å². The maximum atomic E-state index is 13.5. The van der Waals surface area contributed by atoms with E-state index in [1.54, 1.807) is 6.07 Å². The molecule has 1 aromatic carbocycles. The summed E-state index contributed by atoms with van der Waals surface area (Å²) in [6.45, 7) is 1.84. The van der Waals surface area contributed by atoms with Crippen LogP contribution in [0.2, 0.25) is 0 Å². The average molecular weight is 258 g/mol. The van der Waals surface area contributed by atoms with Crippen molar-refractivity contribution < 1.29 is 4.39 Å². The second-order valence-electron chi connectivity index (χ2n) is 4.26. The molecule has 1 aliphatic rings. The van der Waals surface area contributed by atoms with Crippen LogP contribution in [0.25, 0.3) is 15.7 Å². The van der Waals surface area contributed by atoms with E-state index < -0.39 is 5.82 Å². The minimum Gasteiger partial charge on any atom is -0.312 e. The van der Waals surface area contributed by atoms with Crippen molar-refractivity contribution in [3.63, 3.8) is 0 Å². The van der Waals surface area contributed by atoms with Crippen molar-refractivity contribution in [3.8, 4) is 6.07 Å². The van der Waals surface area contributed by atoms with E-state index in [2.05, 4.69) is 11.4 Å². The summed E-state index contributed by atoms with van der Waals surface area (Å²) in [5.41, 5.74) is 2.52. The molecule has 0 saturated heterocycles.